The molecule has 0 radical (unpaired) electrons. The quantitative estimate of drug-likeness (QED) is 0.669. The maximum atomic E-state index is 12.9. The standard InChI is InChI=1S/C21H24ClN3O5S/c1-14-12-17(19(26)23-13-15-4-6-16(22)7-5-15)20(27)25-10-9-24(21(28)18(14)25)8-3-11-31(2,29)30/h4-7,12H,3,8-11,13H2,1-2H3,(H,23,26). The second-order valence-corrected chi connectivity index (χ2v) is 10.3. The first-order valence-electron chi connectivity index (χ1n) is 9.81. The summed E-state index contributed by atoms with van der Waals surface area (Å²) in [6, 6.07) is 8.43. The molecular formula is C21H24ClN3O5S. The van der Waals surface area contributed by atoms with Gasteiger partial charge in [-0.05, 0) is 42.7 Å². The van der Waals surface area contributed by atoms with Crippen molar-refractivity contribution in [1.29, 1.82) is 0 Å². The van der Waals surface area contributed by atoms with E-state index in [1.54, 1.807) is 36.1 Å². The molecule has 0 saturated carbocycles. The van der Waals surface area contributed by atoms with Crippen LogP contribution in [0.2, 0.25) is 5.02 Å². The zero-order chi connectivity index (χ0) is 22.8. The molecule has 2 heterocycles. The van der Waals surface area contributed by atoms with Crippen molar-refractivity contribution in [2.45, 2.75) is 26.4 Å². The minimum atomic E-state index is -3.10. The van der Waals surface area contributed by atoms with Crippen LogP contribution in [0.25, 0.3) is 0 Å². The Labute approximate surface area is 185 Å². The maximum absolute atomic E-state index is 12.9. The first-order chi connectivity index (χ1) is 14.6. The number of carbonyl (C=O) groups excluding carboxylic acids is 2. The van der Waals surface area contributed by atoms with Crippen molar-refractivity contribution in [2.24, 2.45) is 0 Å². The molecule has 0 aliphatic carbocycles. The summed E-state index contributed by atoms with van der Waals surface area (Å²) < 4.78 is 24.0. The average molecular weight is 466 g/mol. The van der Waals surface area contributed by atoms with E-state index >= 15 is 0 Å². The van der Waals surface area contributed by atoms with Crippen LogP contribution in [0, 0.1) is 6.92 Å². The Morgan fingerprint density at radius 3 is 2.48 bits per heavy atom. The fourth-order valence-corrected chi connectivity index (χ4v) is 4.33. The van der Waals surface area contributed by atoms with E-state index in [0.717, 1.165) is 11.8 Å². The van der Waals surface area contributed by atoms with Gasteiger partial charge >= 0.3 is 0 Å². The number of nitrogens with zero attached hydrogens (tertiary/aromatic N) is 2. The van der Waals surface area contributed by atoms with E-state index in [2.05, 4.69) is 5.32 Å². The van der Waals surface area contributed by atoms with Crippen LogP contribution in [0.1, 0.15) is 38.4 Å². The molecule has 3 rings (SSSR count). The highest BCUT2D eigenvalue weighted by molar-refractivity contribution is 7.90. The largest absolute Gasteiger partial charge is 0.348 e. The molecule has 0 fully saturated rings. The molecule has 2 amide bonds. The van der Waals surface area contributed by atoms with Gasteiger partial charge in [-0.15, -0.1) is 0 Å². The van der Waals surface area contributed by atoms with Crippen LogP contribution in [0.4, 0.5) is 0 Å². The Balaban J connectivity index is 1.76. The van der Waals surface area contributed by atoms with E-state index in [9.17, 15) is 22.8 Å². The highest BCUT2D eigenvalue weighted by Gasteiger charge is 2.29. The molecule has 0 bridgehead atoms. The molecule has 1 aromatic carbocycles. The monoisotopic (exact) mass is 465 g/mol. The van der Waals surface area contributed by atoms with Gasteiger partial charge in [-0.2, -0.15) is 0 Å². The van der Waals surface area contributed by atoms with E-state index in [4.69, 9.17) is 11.6 Å². The van der Waals surface area contributed by atoms with Gasteiger partial charge in [0.15, 0.2) is 0 Å². The molecule has 1 aromatic heterocycles. The number of pyridine rings is 1. The lowest BCUT2D eigenvalue weighted by Gasteiger charge is -2.30. The normalized spacial score (nSPS) is 13.8. The van der Waals surface area contributed by atoms with E-state index in [-0.39, 0.29) is 42.6 Å². The second kappa shape index (κ2) is 9.23. The summed E-state index contributed by atoms with van der Waals surface area (Å²) in [6.07, 6.45) is 1.49. The van der Waals surface area contributed by atoms with Crippen molar-refractivity contribution in [3.8, 4) is 0 Å². The summed E-state index contributed by atoms with van der Waals surface area (Å²) in [7, 11) is -3.10. The van der Waals surface area contributed by atoms with Crippen LogP contribution in [-0.4, -0.2) is 54.8 Å². The Kier molecular flexibility index (Phi) is 6.86. The molecule has 2 aromatic rings. The molecule has 1 aliphatic heterocycles. The van der Waals surface area contributed by atoms with E-state index in [1.807, 2.05) is 0 Å². The fraction of sp³-hybridized carbons (Fsp3) is 0.381. The lowest BCUT2D eigenvalue weighted by atomic mass is 10.1. The second-order valence-electron chi connectivity index (χ2n) is 7.63. The Morgan fingerprint density at radius 2 is 1.84 bits per heavy atom. The number of nitrogens with one attached hydrogen (secondary N) is 1. The summed E-state index contributed by atoms with van der Waals surface area (Å²) in [5, 5.41) is 3.32. The average Bonchev–Trinajstić information content (AvgIpc) is 2.70. The minimum Gasteiger partial charge on any atom is -0.348 e. The third-order valence-corrected chi connectivity index (χ3v) is 6.40. The third-order valence-electron chi connectivity index (χ3n) is 5.12. The van der Waals surface area contributed by atoms with Gasteiger partial charge in [0.05, 0.1) is 5.75 Å². The highest BCUT2D eigenvalue weighted by Crippen LogP contribution is 2.17. The molecule has 166 valence electrons. The van der Waals surface area contributed by atoms with Crippen molar-refractivity contribution in [2.75, 3.05) is 25.1 Å². The zero-order valence-electron chi connectivity index (χ0n) is 17.4. The van der Waals surface area contributed by atoms with Crippen molar-refractivity contribution in [3.63, 3.8) is 0 Å². The summed E-state index contributed by atoms with van der Waals surface area (Å²) >= 11 is 5.86. The van der Waals surface area contributed by atoms with Crippen LogP contribution in [0.5, 0.6) is 0 Å². The van der Waals surface area contributed by atoms with Crippen molar-refractivity contribution in [3.05, 3.63) is 68.1 Å². The first kappa shape index (κ1) is 23.0. The fourth-order valence-electron chi connectivity index (χ4n) is 3.55. The first-order valence-corrected chi connectivity index (χ1v) is 12.2. The molecule has 0 spiro atoms. The number of amides is 2. The van der Waals surface area contributed by atoms with Crippen LogP contribution >= 0.6 is 11.6 Å². The Hall–Kier alpha value is -2.65. The number of halogens is 1. The molecule has 31 heavy (non-hydrogen) atoms. The van der Waals surface area contributed by atoms with E-state index < -0.39 is 21.3 Å². The summed E-state index contributed by atoms with van der Waals surface area (Å²) in [6.45, 7) is 2.74. The van der Waals surface area contributed by atoms with Crippen molar-refractivity contribution >= 4 is 33.3 Å². The van der Waals surface area contributed by atoms with Gasteiger partial charge in [0.2, 0.25) is 0 Å². The number of benzene rings is 1. The van der Waals surface area contributed by atoms with Gasteiger partial charge in [0.1, 0.15) is 21.1 Å². The summed E-state index contributed by atoms with van der Waals surface area (Å²) in [5.74, 6) is -0.848. The van der Waals surface area contributed by atoms with Crippen LogP contribution in [-0.2, 0) is 22.9 Å². The number of sulfone groups is 1. The van der Waals surface area contributed by atoms with Crippen molar-refractivity contribution < 1.29 is 18.0 Å². The molecular weight excluding hydrogens is 442 g/mol. The predicted molar refractivity (Wildman–Crippen MR) is 118 cm³/mol. The molecule has 10 heteroatoms. The number of fused-ring (bicyclic) bond motifs is 1. The number of carbonyl (C=O) groups is 2. The predicted octanol–water partition coefficient (Wildman–Crippen LogP) is 1.63. The topological polar surface area (TPSA) is 106 Å². The summed E-state index contributed by atoms with van der Waals surface area (Å²) in [5.41, 5.74) is 1.07. The third kappa shape index (κ3) is 5.54. The molecule has 8 nitrogen and oxygen atoms in total. The van der Waals surface area contributed by atoms with Crippen LogP contribution in [0.3, 0.4) is 0 Å². The van der Waals surface area contributed by atoms with E-state index in [1.165, 1.54) is 10.6 Å². The van der Waals surface area contributed by atoms with Gasteiger partial charge in [0, 0.05) is 37.5 Å². The van der Waals surface area contributed by atoms with Gasteiger partial charge in [-0.3, -0.25) is 14.4 Å². The van der Waals surface area contributed by atoms with Gasteiger partial charge < -0.3 is 14.8 Å². The summed E-state index contributed by atoms with van der Waals surface area (Å²) in [4.78, 5) is 39.9. The van der Waals surface area contributed by atoms with Crippen molar-refractivity contribution in [1.82, 2.24) is 14.8 Å². The van der Waals surface area contributed by atoms with Crippen LogP contribution in [0.15, 0.2) is 35.1 Å². The number of aryl methyl sites for hydroxylation is 1. The van der Waals surface area contributed by atoms with Crippen LogP contribution < -0.4 is 10.9 Å². The highest BCUT2D eigenvalue weighted by atomic mass is 35.5. The number of aromatic nitrogens is 1. The van der Waals surface area contributed by atoms with Gasteiger partial charge in [-0.1, -0.05) is 23.7 Å². The lowest BCUT2D eigenvalue weighted by molar-refractivity contribution is 0.0698. The minimum absolute atomic E-state index is 0.00467. The van der Waals surface area contributed by atoms with Gasteiger partial charge in [0.25, 0.3) is 17.4 Å². The van der Waals surface area contributed by atoms with Gasteiger partial charge in [-0.25, -0.2) is 8.42 Å². The number of hydrogen-bond donors (Lipinski definition) is 1. The number of rotatable bonds is 7. The Bertz CT molecular complexity index is 1170. The molecule has 0 atom stereocenters. The molecule has 0 unspecified atom stereocenters. The maximum Gasteiger partial charge on any atom is 0.270 e. The zero-order valence-corrected chi connectivity index (χ0v) is 18.9. The molecule has 1 N–H and O–H groups in total. The molecule has 1 aliphatic rings. The Morgan fingerprint density at radius 1 is 1.16 bits per heavy atom. The lowest BCUT2D eigenvalue weighted by Crippen LogP contribution is -2.47. The SMILES string of the molecule is Cc1cc(C(=O)NCc2ccc(Cl)cc2)c(=O)n2c1C(=O)N(CCCS(C)(=O)=O)CC2. The molecule has 0 saturated heterocycles. The van der Waals surface area contributed by atoms with E-state index in [0.29, 0.717) is 23.6 Å². The smallest absolute Gasteiger partial charge is 0.270 e. The number of hydrogen-bond acceptors (Lipinski definition) is 5.